The molecule has 0 unspecified atom stereocenters. The van der Waals surface area contributed by atoms with Gasteiger partial charge in [0.15, 0.2) is 0 Å². The number of methoxy groups -OCH3 is 1. The van der Waals surface area contributed by atoms with E-state index in [1.54, 1.807) is 0 Å². The van der Waals surface area contributed by atoms with E-state index in [1.165, 1.54) is 23.4 Å². The Morgan fingerprint density at radius 1 is 0.704 bits per heavy atom. The van der Waals surface area contributed by atoms with Gasteiger partial charge in [0.05, 0.1) is 29.7 Å². The summed E-state index contributed by atoms with van der Waals surface area (Å²) in [5, 5.41) is 2.37. The number of ether oxygens (including phenoxy) is 1. The molecule has 4 aromatic carbocycles. The SMILES string of the molecule is COC(=O)c1ccccc1N1c2ccccc2-c2cccc3cccc1c23. The van der Waals surface area contributed by atoms with Crippen LogP contribution in [-0.4, -0.2) is 13.1 Å². The Hall–Kier alpha value is -3.59. The molecular weight excluding hydrogens is 334 g/mol. The average Bonchev–Trinajstić information content (AvgIpc) is 2.74. The van der Waals surface area contributed by atoms with E-state index < -0.39 is 0 Å². The predicted octanol–water partition coefficient (Wildman–Crippen LogP) is 6.08. The maximum Gasteiger partial charge on any atom is 0.339 e. The highest BCUT2D eigenvalue weighted by molar-refractivity contribution is 6.14. The van der Waals surface area contributed by atoms with E-state index in [1.807, 2.05) is 30.3 Å². The summed E-state index contributed by atoms with van der Waals surface area (Å²) in [5.74, 6) is -0.339. The molecule has 3 heteroatoms. The first-order valence-electron chi connectivity index (χ1n) is 8.88. The number of esters is 1. The van der Waals surface area contributed by atoms with Gasteiger partial charge in [0, 0.05) is 10.9 Å². The smallest absolute Gasteiger partial charge is 0.339 e. The largest absolute Gasteiger partial charge is 0.465 e. The van der Waals surface area contributed by atoms with Crippen LogP contribution in [0.15, 0.2) is 84.9 Å². The monoisotopic (exact) mass is 351 g/mol. The number of fused-ring (bicyclic) bond motifs is 2. The van der Waals surface area contributed by atoms with Gasteiger partial charge in [-0.05, 0) is 35.2 Å². The summed E-state index contributed by atoms with van der Waals surface area (Å²) >= 11 is 0. The van der Waals surface area contributed by atoms with Crippen LogP contribution in [0.25, 0.3) is 21.9 Å². The van der Waals surface area contributed by atoms with Crippen molar-refractivity contribution >= 4 is 33.8 Å². The van der Waals surface area contributed by atoms with Gasteiger partial charge < -0.3 is 9.64 Å². The molecule has 5 rings (SSSR count). The molecule has 0 N–H and O–H groups in total. The van der Waals surface area contributed by atoms with Crippen LogP contribution in [0.4, 0.5) is 17.1 Å². The molecule has 0 saturated heterocycles. The predicted molar refractivity (Wildman–Crippen MR) is 109 cm³/mol. The van der Waals surface area contributed by atoms with Crippen LogP contribution in [0.2, 0.25) is 0 Å². The quantitative estimate of drug-likeness (QED) is 0.361. The lowest BCUT2D eigenvalue weighted by Crippen LogP contribution is -2.18. The molecule has 1 heterocycles. The first-order valence-corrected chi connectivity index (χ1v) is 8.88. The molecule has 0 aliphatic carbocycles. The molecule has 0 amide bonds. The Morgan fingerprint density at radius 3 is 2.15 bits per heavy atom. The summed E-state index contributed by atoms with van der Waals surface area (Å²) in [6, 6.07) is 28.6. The fourth-order valence-corrected chi connectivity index (χ4v) is 3.97. The second-order valence-corrected chi connectivity index (χ2v) is 6.54. The molecule has 3 nitrogen and oxygen atoms in total. The van der Waals surface area contributed by atoms with Gasteiger partial charge in [-0.3, -0.25) is 0 Å². The van der Waals surface area contributed by atoms with Crippen molar-refractivity contribution in [2.24, 2.45) is 0 Å². The van der Waals surface area contributed by atoms with Crippen LogP contribution in [-0.2, 0) is 4.74 Å². The molecular formula is C24H17NO2. The molecule has 0 saturated carbocycles. The summed E-state index contributed by atoms with van der Waals surface area (Å²) in [4.78, 5) is 14.6. The van der Waals surface area contributed by atoms with Crippen molar-refractivity contribution in [3.05, 3.63) is 90.5 Å². The summed E-state index contributed by atoms with van der Waals surface area (Å²) in [7, 11) is 1.42. The van der Waals surface area contributed by atoms with Gasteiger partial charge in [-0.1, -0.05) is 60.7 Å². The number of nitrogens with zero attached hydrogens (tertiary/aromatic N) is 1. The minimum absolute atomic E-state index is 0.339. The van der Waals surface area contributed by atoms with Crippen molar-refractivity contribution in [2.75, 3.05) is 12.0 Å². The number of anilines is 3. The number of para-hydroxylation sites is 2. The summed E-state index contributed by atoms with van der Waals surface area (Å²) in [5.41, 5.74) is 5.86. The van der Waals surface area contributed by atoms with E-state index >= 15 is 0 Å². The minimum Gasteiger partial charge on any atom is -0.465 e. The summed E-state index contributed by atoms with van der Waals surface area (Å²) in [6.07, 6.45) is 0. The van der Waals surface area contributed by atoms with Crippen molar-refractivity contribution < 1.29 is 9.53 Å². The third-order valence-corrected chi connectivity index (χ3v) is 5.11. The lowest BCUT2D eigenvalue weighted by molar-refractivity contribution is 0.0601. The van der Waals surface area contributed by atoms with Crippen molar-refractivity contribution in [1.29, 1.82) is 0 Å². The van der Waals surface area contributed by atoms with Crippen LogP contribution >= 0.6 is 0 Å². The standard InChI is InChI=1S/C24H17NO2/c1-27-24(26)19-11-3-5-14-21(19)25-20-13-4-2-10-17(20)18-12-6-8-16-9-7-15-22(25)23(16)18/h2-15H,1H3. The number of benzene rings is 4. The topological polar surface area (TPSA) is 29.5 Å². The van der Waals surface area contributed by atoms with Crippen LogP contribution in [0.5, 0.6) is 0 Å². The average molecular weight is 351 g/mol. The zero-order valence-corrected chi connectivity index (χ0v) is 14.8. The highest BCUT2D eigenvalue weighted by Gasteiger charge is 2.28. The van der Waals surface area contributed by atoms with Crippen molar-refractivity contribution in [3.8, 4) is 11.1 Å². The van der Waals surface area contributed by atoms with E-state index in [0.717, 1.165) is 22.6 Å². The molecule has 1 aliphatic rings. The van der Waals surface area contributed by atoms with Crippen molar-refractivity contribution in [3.63, 3.8) is 0 Å². The summed E-state index contributed by atoms with van der Waals surface area (Å²) in [6.45, 7) is 0. The van der Waals surface area contributed by atoms with Gasteiger partial charge in [-0.15, -0.1) is 0 Å². The Bertz CT molecular complexity index is 1190. The molecule has 130 valence electrons. The zero-order chi connectivity index (χ0) is 18.4. The van der Waals surface area contributed by atoms with E-state index in [2.05, 4.69) is 59.5 Å². The second-order valence-electron chi connectivity index (χ2n) is 6.54. The first-order chi connectivity index (χ1) is 13.3. The van der Waals surface area contributed by atoms with Gasteiger partial charge >= 0.3 is 5.97 Å². The molecule has 0 bridgehead atoms. The van der Waals surface area contributed by atoms with Crippen molar-refractivity contribution in [2.45, 2.75) is 0 Å². The van der Waals surface area contributed by atoms with E-state index in [9.17, 15) is 4.79 Å². The van der Waals surface area contributed by atoms with Gasteiger partial charge in [-0.25, -0.2) is 4.79 Å². The third-order valence-electron chi connectivity index (χ3n) is 5.11. The Kier molecular flexibility index (Phi) is 3.47. The Labute approximate surface area is 157 Å². The van der Waals surface area contributed by atoms with E-state index in [4.69, 9.17) is 4.74 Å². The zero-order valence-electron chi connectivity index (χ0n) is 14.8. The first kappa shape index (κ1) is 15.6. The van der Waals surface area contributed by atoms with Crippen molar-refractivity contribution in [1.82, 2.24) is 0 Å². The third kappa shape index (κ3) is 2.25. The number of rotatable bonds is 2. The number of carbonyl (C=O) groups excluding carboxylic acids is 1. The number of hydrogen-bond donors (Lipinski definition) is 0. The molecule has 1 aliphatic heterocycles. The fraction of sp³-hybridized carbons (Fsp3) is 0.0417. The molecule has 4 aromatic rings. The van der Waals surface area contributed by atoms with Gasteiger partial charge in [0.1, 0.15) is 0 Å². The molecule has 0 fully saturated rings. The molecule has 0 atom stereocenters. The minimum atomic E-state index is -0.339. The molecule has 0 spiro atoms. The highest BCUT2D eigenvalue weighted by atomic mass is 16.5. The van der Waals surface area contributed by atoms with Gasteiger partial charge in [0.2, 0.25) is 0 Å². The van der Waals surface area contributed by atoms with E-state index in [0.29, 0.717) is 5.56 Å². The van der Waals surface area contributed by atoms with Crippen LogP contribution in [0.1, 0.15) is 10.4 Å². The van der Waals surface area contributed by atoms with Crippen LogP contribution < -0.4 is 4.90 Å². The number of carbonyl (C=O) groups is 1. The normalized spacial score (nSPS) is 12.0. The highest BCUT2D eigenvalue weighted by Crippen LogP contribution is 2.51. The molecule has 0 radical (unpaired) electrons. The lowest BCUT2D eigenvalue weighted by Gasteiger charge is -2.34. The Morgan fingerprint density at radius 2 is 1.33 bits per heavy atom. The maximum atomic E-state index is 12.4. The summed E-state index contributed by atoms with van der Waals surface area (Å²) < 4.78 is 5.03. The van der Waals surface area contributed by atoms with Crippen LogP contribution in [0, 0.1) is 0 Å². The second kappa shape index (κ2) is 5.99. The Balaban J connectivity index is 1.90. The van der Waals surface area contributed by atoms with Crippen LogP contribution in [0.3, 0.4) is 0 Å². The van der Waals surface area contributed by atoms with Gasteiger partial charge in [-0.2, -0.15) is 0 Å². The maximum absolute atomic E-state index is 12.4. The molecule has 27 heavy (non-hydrogen) atoms. The lowest BCUT2D eigenvalue weighted by atomic mass is 9.90. The van der Waals surface area contributed by atoms with Gasteiger partial charge in [0.25, 0.3) is 0 Å². The van der Waals surface area contributed by atoms with E-state index in [-0.39, 0.29) is 5.97 Å². The number of hydrogen-bond acceptors (Lipinski definition) is 3. The molecule has 0 aromatic heterocycles. The fourth-order valence-electron chi connectivity index (χ4n) is 3.97.